The van der Waals surface area contributed by atoms with Crippen molar-refractivity contribution >= 4 is 0 Å². The molecule has 0 spiro atoms. The largest absolute Gasteiger partial charge is 0.377 e. The maximum atomic E-state index is 5.90. The minimum atomic E-state index is -0.215. The highest BCUT2D eigenvalue weighted by molar-refractivity contribution is 4.96. The molecule has 0 aromatic heterocycles. The molecule has 18 heavy (non-hydrogen) atoms. The molecular weight excluding hydrogens is 226 g/mol. The first-order valence-electron chi connectivity index (χ1n) is 6.89. The van der Waals surface area contributed by atoms with Crippen molar-refractivity contribution in [2.75, 3.05) is 26.9 Å². The summed E-state index contributed by atoms with van der Waals surface area (Å²) >= 11 is 0. The summed E-state index contributed by atoms with van der Waals surface area (Å²) in [5, 5.41) is 0. The Balaban J connectivity index is 3.06. The van der Waals surface area contributed by atoms with Crippen molar-refractivity contribution in [1.82, 2.24) is 4.90 Å². The van der Waals surface area contributed by atoms with E-state index in [-0.39, 0.29) is 16.6 Å². The van der Waals surface area contributed by atoms with E-state index < -0.39 is 0 Å². The Morgan fingerprint density at radius 1 is 1.17 bits per heavy atom. The number of rotatable bonds is 1. The average Bonchev–Trinajstić information content (AvgIpc) is 2.36. The Hall–Kier alpha value is -0.120. The predicted molar refractivity (Wildman–Crippen MR) is 75.9 cm³/mol. The Labute approximate surface area is 113 Å². The third kappa shape index (κ3) is 3.69. The van der Waals surface area contributed by atoms with E-state index in [1.807, 2.05) is 0 Å². The quantitative estimate of drug-likeness (QED) is 0.721. The topological polar surface area (TPSA) is 21.7 Å². The van der Waals surface area contributed by atoms with Crippen LogP contribution in [0.4, 0.5) is 0 Å². The minimum absolute atomic E-state index is 0.117. The summed E-state index contributed by atoms with van der Waals surface area (Å²) in [5.41, 5.74) is 0.102. The lowest BCUT2D eigenvalue weighted by molar-refractivity contribution is -0.0655. The molecule has 0 aromatic rings. The van der Waals surface area contributed by atoms with Crippen molar-refractivity contribution in [2.24, 2.45) is 5.41 Å². The van der Waals surface area contributed by atoms with Gasteiger partial charge in [-0.05, 0) is 33.1 Å². The van der Waals surface area contributed by atoms with E-state index in [1.54, 1.807) is 7.11 Å². The van der Waals surface area contributed by atoms with Gasteiger partial charge in [-0.2, -0.15) is 0 Å². The summed E-state index contributed by atoms with van der Waals surface area (Å²) in [6.07, 6.45) is 0. The molecule has 108 valence electrons. The van der Waals surface area contributed by atoms with E-state index >= 15 is 0 Å². The van der Waals surface area contributed by atoms with Gasteiger partial charge >= 0.3 is 0 Å². The van der Waals surface area contributed by atoms with Gasteiger partial charge in [-0.25, -0.2) is 0 Å². The molecule has 1 saturated heterocycles. The average molecular weight is 257 g/mol. The van der Waals surface area contributed by atoms with Crippen LogP contribution in [0.3, 0.4) is 0 Å². The first-order chi connectivity index (χ1) is 7.99. The van der Waals surface area contributed by atoms with Gasteiger partial charge in [-0.15, -0.1) is 0 Å². The summed E-state index contributed by atoms with van der Waals surface area (Å²) in [4.78, 5) is 2.55. The molecule has 0 N–H and O–H groups in total. The second-order valence-corrected chi connectivity index (χ2v) is 7.85. The van der Waals surface area contributed by atoms with Crippen LogP contribution < -0.4 is 0 Å². The van der Waals surface area contributed by atoms with Crippen LogP contribution in [0.2, 0.25) is 0 Å². The van der Waals surface area contributed by atoms with E-state index in [4.69, 9.17) is 9.47 Å². The van der Waals surface area contributed by atoms with E-state index in [0.29, 0.717) is 12.6 Å². The SMILES string of the molecule is COC1(C)COCC(C(C)(C)C)N(C(C)(C)C)C1. The predicted octanol–water partition coefficient (Wildman–Crippen LogP) is 2.94. The number of methoxy groups -OCH3 is 1. The van der Waals surface area contributed by atoms with Gasteiger partial charge < -0.3 is 9.47 Å². The second kappa shape index (κ2) is 5.10. The van der Waals surface area contributed by atoms with Crippen LogP contribution in [0.15, 0.2) is 0 Å². The lowest BCUT2D eigenvalue weighted by Crippen LogP contribution is -2.58. The summed E-state index contributed by atoms with van der Waals surface area (Å²) in [6, 6.07) is 0.412. The summed E-state index contributed by atoms with van der Waals surface area (Å²) in [7, 11) is 1.78. The van der Waals surface area contributed by atoms with Crippen LogP contribution in [-0.4, -0.2) is 49.0 Å². The molecule has 0 amide bonds. The zero-order chi connectivity index (χ0) is 14.2. The van der Waals surface area contributed by atoms with Crippen LogP contribution in [0.1, 0.15) is 48.5 Å². The maximum Gasteiger partial charge on any atom is 0.101 e. The highest BCUT2D eigenvalue weighted by Gasteiger charge is 2.43. The van der Waals surface area contributed by atoms with Gasteiger partial charge in [0.15, 0.2) is 0 Å². The van der Waals surface area contributed by atoms with Crippen LogP contribution in [0, 0.1) is 5.41 Å². The number of hydrogen-bond acceptors (Lipinski definition) is 3. The molecule has 1 heterocycles. The smallest absolute Gasteiger partial charge is 0.101 e. The molecule has 0 bridgehead atoms. The fourth-order valence-electron chi connectivity index (χ4n) is 2.54. The molecule has 1 fully saturated rings. The van der Waals surface area contributed by atoms with Crippen molar-refractivity contribution in [2.45, 2.75) is 65.6 Å². The van der Waals surface area contributed by atoms with Crippen LogP contribution in [-0.2, 0) is 9.47 Å². The van der Waals surface area contributed by atoms with E-state index in [9.17, 15) is 0 Å². The van der Waals surface area contributed by atoms with E-state index in [1.165, 1.54) is 0 Å². The molecule has 2 atom stereocenters. The third-order valence-corrected chi connectivity index (χ3v) is 3.92. The van der Waals surface area contributed by atoms with Crippen molar-refractivity contribution in [3.8, 4) is 0 Å². The Morgan fingerprint density at radius 3 is 2.11 bits per heavy atom. The first-order valence-corrected chi connectivity index (χ1v) is 6.89. The summed E-state index contributed by atoms with van der Waals surface area (Å²) in [6.45, 7) is 18.2. The van der Waals surface area contributed by atoms with Gasteiger partial charge in [0, 0.05) is 25.2 Å². The molecule has 2 unspecified atom stereocenters. The summed E-state index contributed by atoms with van der Waals surface area (Å²) < 4.78 is 11.6. The molecule has 1 rings (SSSR count). The van der Waals surface area contributed by atoms with Crippen LogP contribution in [0.25, 0.3) is 0 Å². The molecule has 3 nitrogen and oxygen atoms in total. The van der Waals surface area contributed by atoms with Gasteiger partial charge in [0.05, 0.1) is 13.2 Å². The molecule has 0 aliphatic carbocycles. The lowest BCUT2D eigenvalue weighted by atomic mass is 9.83. The number of ether oxygens (including phenoxy) is 2. The fourth-order valence-corrected chi connectivity index (χ4v) is 2.54. The van der Waals surface area contributed by atoms with Crippen molar-refractivity contribution in [1.29, 1.82) is 0 Å². The van der Waals surface area contributed by atoms with Gasteiger partial charge in [0.25, 0.3) is 0 Å². The molecule has 1 aliphatic rings. The highest BCUT2D eigenvalue weighted by Crippen LogP contribution is 2.34. The molecule has 0 saturated carbocycles. The second-order valence-electron chi connectivity index (χ2n) is 7.85. The van der Waals surface area contributed by atoms with Crippen LogP contribution in [0.5, 0.6) is 0 Å². The Morgan fingerprint density at radius 2 is 1.72 bits per heavy atom. The Bertz CT molecular complexity index is 277. The third-order valence-electron chi connectivity index (χ3n) is 3.92. The summed E-state index contributed by atoms with van der Waals surface area (Å²) in [5.74, 6) is 0. The normalized spacial score (nSPS) is 32.3. The molecular formula is C15H31NO2. The van der Waals surface area contributed by atoms with Gasteiger partial charge in [-0.1, -0.05) is 20.8 Å². The molecule has 3 heteroatoms. The molecule has 1 aliphatic heterocycles. The Kier molecular flexibility index (Phi) is 4.52. The monoisotopic (exact) mass is 257 g/mol. The van der Waals surface area contributed by atoms with E-state index in [0.717, 1.165) is 13.2 Å². The van der Waals surface area contributed by atoms with Gasteiger partial charge in [0.1, 0.15) is 5.60 Å². The van der Waals surface area contributed by atoms with Gasteiger partial charge in [0.2, 0.25) is 0 Å². The zero-order valence-corrected chi connectivity index (χ0v) is 13.5. The zero-order valence-electron chi connectivity index (χ0n) is 13.5. The number of nitrogens with zero attached hydrogens (tertiary/aromatic N) is 1. The first kappa shape index (κ1) is 15.9. The van der Waals surface area contributed by atoms with Gasteiger partial charge in [-0.3, -0.25) is 4.90 Å². The molecule has 0 aromatic carbocycles. The lowest BCUT2D eigenvalue weighted by Gasteiger charge is -2.47. The minimum Gasteiger partial charge on any atom is -0.377 e. The van der Waals surface area contributed by atoms with Crippen molar-refractivity contribution in [3.63, 3.8) is 0 Å². The molecule has 0 radical (unpaired) electrons. The highest BCUT2D eigenvalue weighted by atomic mass is 16.5. The number of hydrogen-bond donors (Lipinski definition) is 0. The van der Waals surface area contributed by atoms with Crippen molar-refractivity contribution < 1.29 is 9.47 Å². The van der Waals surface area contributed by atoms with Crippen molar-refractivity contribution in [3.05, 3.63) is 0 Å². The van der Waals surface area contributed by atoms with E-state index in [2.05, 4.69) is 53.4 Å². The fraction of sp³-hybridized carbons (Fsp3) is 1.00. The van der Waals surface area contributed by atoms with Crippen LogP contribution >= 0.6 is 0 Å². The standard InChI is InChI=1S/C15H31NO2/c1-13(2,3)12-9-18-11-15(7,17-8)10-16(12)14(4,5)6/h12H,9-11H2,1-8H3. The maximum absolute atomic E-state index is 5.90.